The second kappa shape index (κ2) is 8.73. The van der Waals surface area contributed by atoms with Gasteiger partial charge in [-0.2, -0.15) is 0 Å². The minimum absolute atomic E-state index is 0.112. The predicted molar refractivity (Wildman–Crippen MR) is 110 cm³/mol. The van der Waals surface area contributed by atoms with E-state index in [1.54, 1.807) is 6.07 Å². The monoisotopic (exact) mass is 497 g/mol. The molecule has 0 aliphatic carbocycles. The van der Waals surface area contributed by atoms with E-state index in [0.717, 1.165) is 14.5 Å². The number of ether oxygens (including phenoxy) is 2. The van der Waals surface area contributed by atoms with E-state index in [4.69, 9.17) is 9.47 Å². The van der Waals surface area contributed by atoms with Crippen molar-refractivity contribution in [2.45, 2.75) is 31.2 Å². The number of benzene rings is 2. The largest absolute Gasteiger partial charge is 0.475 e. The highest BCUT2D eigenvalue weighted by atomic mass is 79.9. The molecule has 1 aliphatic heterocycles. The molecule has 3 unspecified atom stereocenters. The Kier molecular flexibility index (Phi) is 6.57. The molecule has 1 heterocycles. The number of amides is 1. The van der Waals surface area contributed by atoms with Crippen LogP contribution < -0.4 is 10.1 Å². The Balaban J connectivity index is 1.78. The van der Waals surface area contributed by atoms with E-state index >= 15 is 0 Å². The van der Waals surface area contributed by atoms with Crippen molar-refractivity contribution in [2.75, 3.05) is 13.2 Å². The molecule has 3 atom stereocenters. The summed E-state index contributed by atoms with van der Waals surface area (Å²) in [6, 6.07) is 14.8. The van der Waals surface area contributed by atoms with Crippen LogP contribution in [0.1, 0.15) is 25.0 Å². The Hall–Kier alpha value is -1.41. The second-order valence-electron chi connectivity index (χ2n) is 6.57. The number of hydrogen-bond donors (Lipinski definition) is 2. The number of carbonyl (C=O) groups excluding carboxylic acids is 1. The maximum Gasteiger partial charge on any atom is 0.265 e. The van der Waals surface area contributed by atoms with Crippen LogP contribution in [0.25, 0.3) is 0 Å². The normalized spacial score (nSPS) is 23.0. The summed E-state index contributed by atoms with van der Waals surface area (Å²) in [7, 11) is 0. The van der Waals surface area contributed by atoms with Gasteiger partial charge in [-0.25, -0.2) is 0 Å². The highest BCUT2D eigenvalue weighted by molar-refractivity contribution is 9.11. The molecule has 0 radical (unpaired) electrons. The summed E-state index contributed by atoms with van der Waals surface area (Å²) in [6.07, 6.45) is -0.678. The van der Waals surface area contributed by atoms with Crippen LogP contribution >= 0.6 is 31.9 Å². The van der Waals surface area contributed by atoms with Crippen LogP contribution in [-0.2, 0) is 9.53 Å². The average molecular weight is 499 g/mol. The minimum Gasteiger partial charge on any atom is -0.475 e. The highest BCUT2D eigenvalue weighted by Gasteiger charge is 2.40. The van der Waals surface area contributed by atoms with Gasteiger partial charge in [-0.3, -0.25) is 4.79 Å². The molecule has 0 bridgehead atoms. The molecule has 27 heavy (non-hydrogen) atoms. The zero-order valence-corrected chi connectivity index (χ0v) is 18.0. The Morgan fingerprint density at radius 2 is 2.07 bits per heavy atom. The van der Waals surface area contributed by atoms with Crippen molar-refractivity contribution in [3.05, 3.63) is 63.0 Å². The molecule has 2 N–H and O–H groups in total. The van der Waals surface area contributed by atoms with Crippen LogP contribution in [0.2, 0.25) is 0 Å². The molecule has 0 saturated carbocycles. The van der Waals surface area contributed by atoms with Gasteiger partial charge in [0.2, 0.25) is 6.10 Å². The van der Waals surface area contributed by atoms with Gasteiger partial charge in [0.05, 0.1) is 10.6 Å². The molecule has 3 rings (SSSR count). The fourth-order valence-corrected chi connectivity index (χ4v) is 4.07. The van der Waals surface area contributed by atoms with Crippen LogP contribution in [0, 0.1) is 0 Å². The van der Waals surface area contributed by atoms with Crippen molar-refractivity contribution in [1.29, 1.82) is 0 Å². The third-order valence-electron chi connectivity index (χ3n) is 4.71. The summed E-state index contributed by atoms with van der Waals surface area (Å²) >= 11 is 6.87. The first-order chi connectivity index (χ1) is 12.9. The van der Waals surface area contributed by atoms with Crippen molar-refractivity contribution in [1.82, 2.24) is 5.32 Å². The molecule has 0 aromatic heterocycles. The Morgan fingerprint density at radius 1 is 1.33 bits per heavy atom. The molecule has 144 valence electrons. The molecular formula is C20H21Br2NO4. The predicted octanol–water partition coefficient (Wildman–Crippen LogP) is 3.99. The van der Waals surface area contributed by atoms with Crippen molar-refractivity contribution in [3.63, 3.8) is 0 Å². The minimum atomic E-state index is -1.06. The van der Waals surface area contributed by atoms with E-state index in [2.05, 4.69) is 37.2 Å². The lowest BCUT2D eigenvalue weighted by Crippen LogP contribution is -2.48. The van der Waals surface area contributed by atoms with Crippen molar-refractivity contribution in [2.24, 2.45) is 0 Å². The molecule has 7 heteroatoms. The SMILES string of the molecule is CC1OCCC1(O)CNC(=O)C(Oc1ccc(Br)cc1Br)c1ccccc1. The van der Waals surface area contributed by atoms with E-state index < -0.39 is 11.7 Å². The lowest BCUT2D eigenvalue weighted by molar-refractivity contribution is -0.130. The summed E-state index contributed by atoms with van der Waals surface area (Å²) in [5, 5.41) is 13.5. The standard InChI is InChI=1S/C20H21Br2NO4/c1-13-20(25,9-10-26-13)12-23-19(24)18(14-5-3-2-4-6-14)27-17-8-7-15(21)11-16(17)22/h2-8,11,13,18,25H,9-10,12H2,1H3,(H,23,24). The summed E-state index contributed by atoms with van der Waals surface area (Å²) in [6.45, 7) is 2.41. The Bertz CT molecular complexity index is 802. The van der Waals surface area contributed by atoms with Gasteiger partial charge >= 0.3 is 0 Å². The van der Waals surface area contributed by atoms with Crippen molar-refractivity contribution >= 4 is 37.8 Å². The molecule has 1 amide bonds. The smallest absolute Gasteiger partial charge is 0.265 e. The Morgan fingerprint density at radius 3 is 2.70 bits per heavy atom. The number of carbonyl (C=O) groups is 1. The van der Waals surface area contributed by atoms with Crippen LogP contribution in [0.3, 0.4) is 0 Å². The molecule has 1 fully saturated rings. The molecule has 2 aromatic carbocycles. The van der Waals surface area contributed by atoms with E-state index in [1.807, 2.05) is 49.4 Å². The number of halogens is 2. The molecule has 5 nitrogen and oxygen atoms in total. The number of hydrogen-bond acceptors (Lipinski definition) is 4. The average Bonchev–Trinajstić information content (AvgIpc) is 2.99. The van der Waals surface area contributed by atoms with Crippen molar-refractivity contribution in [3.8, 4) is 5.75 Å². The second-order valence-corrected chi connectivity index (χ2v) is 8.34. The third kappa shape index (κ3) is 4.90. The lowest BCUT2D eigenvalue weighted by Gasteiger charge is -2.27. The third-order valence-corrected chi connectivity index (χ3v) is 5.82. The first kappa shape index (κ1) is 20.3. The van der Waals surface area contributed by atoms with Gasteiger partial charge in [0.15, 0.2) is 0 Å². The fraction of sp³-hybridized carbons (Fsp3) is 0.350. The Labute approximate surface area is 175 Å². The molecule has 1 saturated heterocycles. The van der Waals surface area contributed by atoms with E-state index in [-0.39, 0.29) is 18.6 Å². The fourth-order valence-electron chi connectivity index (χ4n) is 2.93. The molecule has 0 spiro atoms. The van der Waals surface area contributed by atoms with Gasteiger partial charge in [0.25, 0.3) is 5.91 Å². The van der Waals surface area contributed by atoms with Crippen LogP contribution in [0.5, 0.6) is 5.75 Å². The zero-order chi connectivity index (χ0) is 19.4. The van der Waals surface area contributed by atoms with E-state index in [0.29, 0.717) is 18.8 Å². The molecule has 1 aliphatic rings. The van der Waals surface area contributed by atoms with Gasteiger partial charge < -0.3 is 19.9 Å². The first-order valence-electron chi connectivity index (χ1n) is 8.67. The van der Waals surface area contributed by atoms with Gasteiger partial charge in [0.1, 0.15) is 11.4 Å². The van der Waals surface area contributed by atoms with Crippen LogP contribution in [0.4, 0.5) is 0 Å². The maximum absolute atomic E-state index is 12.9. The topological polar surface area (TPSA) is 67.8 Å². The van der Waals surface area contributed by atoms with Crippen molar-refractivity contribution < 1.29 is 19.4 Å². The van der Waals surface area contributed by atoms with Gasteiger partial charge in [-0.1, -0.05) is 46.3 Å². The summed E-state index contributed by atoms with van der Waals surface area (Å²) in [5.74, 6) is 0.238. The van der Waals surface area contributed by atoms with Crippen LogP contribution in [-0.4, -0.2) is 35.9 Å². The van der Waals surface area contributed by atoms with E-state index in [1.165, 1.54) is 0 Å². The van der Waals surface area contributed by atoms with Crippen LogP contribution in [0.15, 0.2) is 57.5 Å². The lowest BCUT2D eigenvalue weighted by atomic mass is 9.96. The number of aliphatic hydroxyl groups is 1. The highest BCUT2D eigenvalue weighted by Crippen LogP contribution is 2.32. The zero-order valence-electron chi connectivity index (χ0n) is 14.8. The molecular weight excluding hydrogens is 478 g/mol. The summed E-state index contributed by atoms with van der Waals surface area (Å²) in [4.78, 5) is 12.9. The number of rotatable bonds is 6. The summed E-state index contributed by atoms with van der Waals surface area (Å²) < 4.78 is 13.1. The summed E-state index contributed by atoms with van der Waals surface area (Å²) in [5.41, 5.74) is -0.331. The van der Waals surface area contributed by atoms with E-state index in [9.17, 15) is 9.90 Å². The number of nitrogens with one attached hydrogen (secondary N) is 1. The maximum atomic E-state index is 12.9. The van der Waals surface area contributed by atoms with Gasteiger partial charge in [-0.15, -0.1) is 0 Å². The van der Waals surface area contributed by atoms with Gasteiger partial charge in [0, 0.05) is 29.6 Å². The quantitative estimate of drug-likeness (QED) is 0.632. The van der Waals surface area contributed by atoms with Gasteiger partial charge in [-0.05, 0) is 41.1 Å². The first-order valence-corrected chi connectivity index (χ1v) is 10.3. The molecule has 2 aromatic rings.